The van der Waals surface area contributed by atoms with Crippen molar-refractivity contribution in [2.75, 3.05) is 6.61 Å². The van der Waals surface area contributed by atoms with E-state index in [4.69, 9.17) is 4.74 Å². The summed E-state index contributed by atoms with van der Waals surface area (Å²) in [6.07, 6.45) is 3.85. The van der Waals surface area contributed by atoms with Gasteiger partial charge in [-0.05, 0) is 6.08 Å². The summed E-state index contributed by atoms with van der Waals surface area (Å²) in [4.78, 5) is 9.89. The highest BCUT2D eigenvalue weighted by atomic mass is 16.5. The maximum absolute atomic E-state index is 9.89. The quantitative estimate of drug-likeness (QED) is 0.428. The van der Waals surface area contributed by atoms with Gasteiger partial charge in [0.15, 0.2) is 0 Å². The van der Waals surface area contributed by atoms with Crippen LogP contribution in [0.15, 0.2) is 17.9 Å². The van der Waals surface area contributed by atoms with Crippen LogP contribution in [0.4, 0.5) is 0 Å². The molecule has 0 aromatic rings. The smallest absolute Gasteiger partial charge is 0.128 e. The van der Waals surface area contributed by atoms with Gasteiger partial charge in [0.2, 0.25) is 0 Å². The predicted molar refractivity (Wildman–Crippen MR) is 28.9 cm³/mol. The van der Waals surface area contributed by atoms with E-state index in [2.05, 4.69) is 0 Å². The van der Waals surface area contributed by atoms with Crippen LogP contribution in [0.2, 0.25) is 0 Å². The van der Waals surface area contributed by atoms with E-state index in [0.717, 1.165) is 0 Å². The topological polar surface area (TPSA) is 26.3 Å². The summed E-state index contributed by atoms with van der Waals surface area (Å²) in [5.74, 6) is 1.80. The molecule has 0 aromatic heterocycles. The van der Waals surface area contributed by atoms with E-state index in [1.54, 1.807) is 12.0 Å². The molecule has 0 fully saturated rings. The lowest BCUT2D eigenvalue weighted by molar-refractivity contribution is 0.245. The summed E-state index contributed by atoms with van der Waals surface area (Å²) in [5, 5.41) is 0. The SMILES string of the molecule is O=C=C1C=COCC1. The molecule has 0 amide bonds. The van der Waals surface area contributed by atoms with Gasteiger partial charge in [0.05, 0.1) is 12.9 Å². The van der Waals surface area contributed by atoms with Crippen LogP contribution in [-0.2, 0) is 9.53 Å². The van der Waals surface area contributed by atoms with Crippen molar-refractivity contribution in [3.8, 4) is 0 Å². The molecular weight excluding hydrogens is 104 g/mol. The normalized spacial score (nSPS) is 17.2. The van der Waals surface area contributed by atoms with Crippen LogP contribution >= 0.6 is 0 Å². The van der Waals surface area contributed by atoms with Gasteiger partial charge >= 0.3 is 0 Å². The number of hydrogen-bond acceptors (Lipinski definition) is 2. The second-order valence-corrected chi connectivity index (χ2v) is 1.55. The molecule has 0 saturated carbocycles. The number of rotatable bonds is 0. The van der Waals surface area contributed by atoms with Gasteiger partial charge in [0.25, 0.3) is 0 Å². The molecular formula is C6H6O2. The lowest BCUT2D eigenvalue weighted by Gasteiger charge is -2.03. The summed E-state index contributed by atoms with van der Waals surface area (Å²) in [7, 11) is 0. The van der Waals surface area contributed by atoms with Crippen molar-refractivity contribution in [3.63, 3.8) is 0 Å². The van der Waals surface area contributed by atoms with Crippen LogP contribution in [0, 0.1) is 0 Å². The minimum atomic E-state index is 0.612. The third-order valence-corrected chi connectivity index (χ3v) is 0.986. The van der Waals surface area contributed by atoms with Gasteiger partial charge in [0, 0.05) is 12.0 Å². The maximum atomic E-state index is 9.89. The minimum absolute atomic E-state index is 0.612. The molecule has 1 rings (SSSR count). The zero-order valence-corrected chi connectivity index (χ0v) is 4.39. The molecule has 2 nitrogen and oxygen atoms in total. The molecule has 42 valence electrons. The number of allylic oxidation sites excluding steroid dienone is 1. The molecule has 0 bridgehead atoms. The molecule has 0 aromatic carbocycles. The molecule has 2 heteroatoms. The Morgan fingerprint density at radius 2 is 2.62 bits per heavy atom. The molecule has 1 aliphatic heterocycles. The summed E-state index contributed by atoms with van der Waals surface area (Å²) in [5.41, 5.74) is 0.691. The van der Waals surface area contributed by atoms with Crippen molar-refractivity contribution in [2.24, 2.45) is 0 Å². The Kier molecular flexibility index (Phi) is 1.50. The van der Waals surface area contributed by atoms with Crippen molar-refractivity contribution < 1.29 is 9.53 Å². The molecule has 1 aliphatic rings. The van der Waals surface area contributed by atoms with Gasteiger partial charge < -0.3 is 4.74 Å². The summed E-state index contributed by atoms with van der Waals surface area (Å²) < 4.78 is 4.82. The molecule has 0 saturated heterocycles. The van der Waals surface area contributed by atoms with Crippen molar-refractivity contribution in [2.45, 2.75) is 6.42 Å². The van der Waals surface area contributed by atoms with Crippen LogP contribution in [0.5, 0.6) is 0 Å². The van der Waals surface area contributed by atoms with Crippen molar-refractivity contribution in [1.29, 1.82) is 0 Å². The van der Waals surface area contributed by atoms with Gasteiger partial charge in [-0.3, -0.25) is 0 Å². The molecule has 0 unspecified atom stereocenters. The fraction of sp³-hybridized carbons (Fsp3) is 0.333. The summed E-state index contributed by atoms with van der Waals surface area (Å²) in [6, 6.07) is 0. The summed E-state index contributed by atoms with van der Waals surface area (Å²) in [6.45, 7) is 0.612. The Bertz CT molecular complexity index is 152. The number of hydrogen-bond donors (Lipinski definition) is 0. The standard InChI is InChI=1S/C6H6O2/c7-5-6-1-3-8-4-2-6/h1,3H,2,4H2. The first-order chi connectivity index (χ1) is 3.93. The van der Waals surface area contributed by atoms with Crippen molar-refractivity contribution in [3.05, 3.63) is 17.9 Å². The first-order valence-electron chi connectivity index (χ1n) is 2.45. The number of carbonyl (C=O) groups excluding carboxylic acids is 1. The highest BCUT2D eigenvalue weighted by molar-refractivity contribution is 5.57. The highest BCUT2D eigenvalue weighted by Crippen LogP contribution is 2.04. The fourth-order valence-corrected chi connectivity index (χ4v) is 0.536. The second kappa shape index (κ2) is 2.34. The van der Waals surface area contributed by atoms with Crippen LogP contribution < -0.4 is 0 Å². The Hall–Kier alpha value is -1.01. The van der Waals surface area contributed by atoms with Gasteiger partial charge in [-0.15, -0.1) is 0 Å². The van der Waals surface area contributed by atoms with E-state index in [-0.39, 0.29) is 0 Å². The van der Waals surface area contributed by atoms with Crippen molar-refractivity contribution >= 4 is 5.94 Å². The lowest BCUT2D eigenvalue weighted by atomic mass is 10.2. The summed E-state index contributed by atoms with van der Waals surface area (Å²) >= 11 is 0. The third-order valence-electron chi connectivity index (χ3n) is 0.986. The number of ether oxygens (including phenoxy) is 1. The molecule has 0 spiro atoms. The van der Waals surface area contributed by atoms with Crippen LogP contribution in [0.3, 0.4) is 0 Å². The molecule has 8 heavy (non-hydrogen) atoms. The second-order valence-electron chi connectivity index (χ2n) is 1.55. The Balaban J connectivity index is 2.70. The van der Waals surface area contributed by atoms with E-state index in [1.165, 1.54) is 6.26 Å². The zero-order valence-electron chi connectivity index (χ0n) is 4.39. The highest BCUT2D eigenvalue weighted by Gasteiger charge is 1.97. The van der Waals surface area contributed by atoms with Crippen LogP contribution in [0.1, 0.15) is 6.42 Å². The zero-order chi connectivity index (χ0) is 5.82. The molecule has 0 aliphatic carbocycles. The maximum Gasteiger partial charge on any atom is 0.128 e. The molecule has 1 heterocycles. The average molecular weight is 110 g/mol. The van der Waals surface area contributed by atoms with Gasteiger partial charge in [-0.2, -0.15) is 0 Å². The Morgan fingerprint density at radius 3 is 3.00 bits per heavy atom. The van der Waals surface area contributed by atoms with E-state index in [1.807, 2.05) is 0 Å². The van der Waals surface area contributed by atoms with E-state index < -0.39 is 0 Å². The van der Waals surface area contributed by atoms with Crippen molar-refractivity contribution in [1.82, 2.24) is 0 Å². The predicted octanol–water partition coefficient (Wildman–Crippen LogP) is 0.678. The molecule has 0 N–H and O–H groups in total. The Labute approximate surface area is 47.5 Å². The largest absolute Gasteiger partial charge is 0.501 e. The van der Waals surface area contributed by atoms with Gasteiger partial charge in [-0.25, -0.2) is 4.79 Å². The first kappa shape index (κ1) is 5.13. The average Bonchev–Trinajstić information content (AvgIpc) is 1.90. The van der Waals surface area contributed by atoms with Crippen LogP contribution in [-0.4, -0.2) is 12.5 Å². The molecule has 0 radical (unpaired) electrons. The lowest BCUT2D eigenvalue weighted by Crippen LogP contribution is -1.95. The monoisotopic (exact) mass is 110 g/mol. The minimum Gasteiger partial charge on any atom is -0.501 e. The van der Waals surface area contributed by atoms with E-state index >= 15 is 0 Å². The molecule has 0 atom stereocenters. The fourth-order valence-electron chi connectivity index (χ4n) is 0.536. The van der Waals surface area contributed by atoms with E-state index in [0.29, 0.717) is 18.6 Å². The van der Waals surface area contributed by atoms with Crippen LogP contribution in [0.25, 0.3) is 0 Å². The van der Waals surface area contributed by atoms with Gasteiger partial charge in [0.1, 0.15) is 5.94 Å². The first-order valence-corrected chi connectivity index (χ1v) is 2.45. The Morgan fingerprint density at radius 1 is 1.75 bits per heavy atom. The third kappa shape index (κ3) is 0.983. The van der Waals surface area contributed by atoms with Gasteiger partial charge in [-0.1, -0.05) is 0 Å². The van der Waals surface area contributed by atoms with E-state index in [9.17, 15) is 4.79 Å².